The Morgan fingerprint density at radius 2 is 1.79 bits per heavy atom. The van der Waals surface area contributed by atoms with E-state index >= 15 is 0 Å². The average Bonchev–Trinajstić information content (AvgIpc) is 3.21. The number of hydrogen-bond acceptors (Lipinski definition) is 4. The molecule has 1 aromatic carbocycles. The minimum Gasteiger partial charge on any atom is -0.490 e. The molecule has 1 saturated heterocycles. The molecule has 1 fully saturated rings. The van der Waals surface area contributed by atoms with E-state index in [1.807, 2.05) is 19.9 Å². The summed E-state index contributed by atoms with van der Waals surface area (Å²) in [6.07, 6.45) is 4.73. The van der Waals surface area contributed by atoms with E-state index in [0.29, 0.717) is 13.2 Å². The van der Waals surface area contributed by atoms with Gasteiger partial charge in [-0.15, -0.1) is 0 Å². The predicted molar refractivity (Wildman–Crippen MR) is 117 cm³/mol. The van der Waals surface area contributed by atoms with Gasteiger partial charge >= 0.3 is 0 Å². The van der Waals surface area contributed by atoms with Crippen LogP contribution < -0.4 is 20.1 Å². The van der Waals surface area contributed by atoms with Gasteiger partial charge in [0.1, 0.15) is 0 Å². The second-order valence-corrected chi connectivity index (χ2v) is 6.99. The monoisotopic (exact) mass is 390 g/mol. The summed E-state index contributed by atoms with van der Waals surface area (Å²) < 4.78 is 11.4. The van der Waals surface area contributed by atoms with Gasteiger partial charge in [-0.25, -0.2) is 0 Å². The third kappa shape index (κ3) is 7.97. The highest BCUT2D eigenvalue weighted by molar-refractivity contribution is 5.79. The van der Waals surface area contributed by atoms with Gasteiger partial charge in [-0.1, -0.05) is 6.07 Å². The Morgan fingerprint density at radius 3 is 2.50 bits per heavy atom. The third-order valence-electron chi connectivity index (χ3n) is 4.76. The van der Waals surface area contributed by atoms with Gasteiger partial charge < -0.3 is 25.0 Å². The summed E-state index contributed by atoms with van der Waals surface area (Å²) in [6.45, 7) is 13.6. The van der Waals surface area contributed by atoms with Gasteiger partial charge in [0.25, 0.3) is 0 Å². The summed E-state index contributed by atoms with van der Waals surface area (Å²) in [5.74, 6) is 2.54. The van der Waals surface area contributed by atoms with Gasteiger partial charge in [0, 0.05) is 19.6 Å². The van der Waals surface area contributed by atoms with Crippen molar-refractivity contribution >= 4 is 5.96 Å². The molecule has 0 aliphatic carbocycles. The van der Waals surface area contributed by atoms with Crippen LogP contribution in [-0.4, -0.2) is 63.3 Å². The predicted octanol–water partition coefficient (Wildman–Crippen LogP) is 3.07. The van der Waals surface area contributed by atoms with Crippen molar-refractivity contribution in [2.75, 3.05) is 52.5 Å². The molecule has 0 radical (unpaired) electrons. The summed E-state index contributed by atoms with van der Waals surface area (Å²) in [4.78, 5) is 7.25. The maximum Gasteiger partial charge on any atom is 0.191 e. The number of likely N-dealkylation sites (tertiary alicyclic amines) is 1. The zero-order chi connectivity index (χ0) is 20.0. The smallest absolute Gasteiger partial charge is 0.191 e. The molecule has 1 aromatic rings. The molecule has 2 rings (SSSR count). The average molecular weight is 391 g/mol. The lowest BCUT2D eigenvalue weighted by Crippen LogP contribution is -2.38. The summed E-state index contributed by atoms with van der Waals surface area (Å²) in [7, 11) is 0. The van der Waals surface area contributed by atoms with Crippen molar-refractivity contribution in [3.05, 3.63) is 23.8 Å². The molecule has 1 aliphatic heterocycles. The van der Waals surface area contributed by atoms with Crippen LogP contribution in [0.5, 0.6) is 11.5 Å². The Balaban J connectivity index is 1.78. The number of nitrogens with zero attached hydrogens (tertiary/aromatic N) is 2. The van der Waals surface area contributed by atoms with Crippen LogP contribution in [0, 0.1) is 0 Å². The largest absolute Gasteiger partial charge is 0.490 e. The molecule has 0 amide bonds. The molecule has 0 aromatic heterocycles. The highest BCUT2D eigenvalue weighted by atomic mass is 16.5. The van der Waals surface area contributed by atoms with Gasteiger partial charge in [-0.05, 0) is 83.8 Å². The van der Waals surface area contributed by atoms with Crippen LogP contribution in [0.2, 0.25) is 0 Å². The van der Waals surface area contributed by atoms with Crippen molar-refractivity contribution in [2.45, 2.75) is 46.5 Å². The minimum absolute atomic E-state index is 0.635. The molecule has 0 bridgehead atoms. The van der Waals surface area contributed by atoms with Gasteiger partial charge in [-0.2, -0.15) is 0 Å². The Hall–Kier alpha value is -1.95. The fraction of sp³-hybridized carbons (Fsp3) is 0.682. The van der Waals surface area contributed by atoms with E-state index in [-0.39, 0.29) is 0 Å². The fourth-order valence-corrected chi connectivity index (χ4v) is 3.41. The lowest BCUT2D eigenvalue weighted by atomic mass is 10.1. The van der Waals surface area contributed by atoms with E-state index < -0.39 is 0 Å². The molecule has 158 valence electrons. The van der Waals surface area contributed by atoms with Crippen molar-refractivity contribution in [1.29, 1.82) is 0 Å². The van der Waals surface area contributed by atoms with Crippen molar-refractivity contribution in [3.8, 4) is 11.5 Å². The molecule has 6 nitrogen and oxygen atoms in total. The molecule has 0 atom stereocenters. The summed E-state index contributed by atoms with van der Waals surface area (Å²) in [5.41, 5.74) is 1.23. The van der Waals surface area contributed by atoms with Crippen LogP contribution in [0.25, 0.3) is 0 Å². The molecule has 1 aliphatic rings. The van der Waals surface area contributed by atoms with Crippen molar-refractivity contribution < 1.29 is 9.47 Å². The SMILES string of the molecule is CCNC(=NCCCN1CCCC1)NCCc1ccc(OCC)c(OCC)c1. The van der Waals surface area contributed by atoms with E-state index in [2.05, 4.69) is 34.6 Å². The number of benzene rings is 1. The number of rotatable bonds is 12. The third-order valence-corrected chi connectivity index (χ3v) is 4.76. The molecule has 2 N–H and O–H groups in total. The van der Waals surface area contributed by atoms with Crippen LogP contribution in [0.4, 0.5) is 0 Å². The Bertz CT molecular complexity index is 586. The van der Waals surface area contributed by atoms with E-state index in [1.165, 1.54) is 31.5 Å². The zero-order valence-electron chi connectivity index (χ0n) is 17.9. The van der Waals surface area contributed by atoms with E-state index in [4.69, 9.17) is 14.5 Å². The van der Waals surface area contributed by atoms with Crippen molar-refractivity contribution in [2.24, 2.45) is 4.99 Å². The highest BCUT2D eigenvalue weighted by Gasteiger charge is 2.10. The van der Waals surface area contributed by atoms with E-state index in [9.17, 15) is 0 Å². The quantitative estimate of drug-likeness (QED) is 0.326. The summed E-state index contributed by atoms with van der Waals surface area (Å²) in [5, 5.41) is 6.78. The molecule has 0 unspecified atom stereocenters. The second kappa shape index (κ2) is 13.3. The number of nitrogens with one attached hydrogen (secondary N) is 2. The van der Waals surface area contributed by atoms with Crippen LogP contribution in [0.15, 0.2) is 23.2 Å². The Labute approximate surface area is 170 Å². The van der Waals surface area contributed by atoms with Crippen molar-refractivity contribution in [1.82, 2.24) is 15.5 Å². The maximum absolute atomic E-state index is 5.72. The first-order chi connectivity index (χ1) is 13.8. The van der Waals surface area contributed by atoms with Gasteiger partial charge in [0.15, 0.2) is 17.5 Å². The lowest BCUT2D eigenvalue weighted by Gasteiger charge is -2.15. The first-order valence-corrected chi connectivity index (χ1v) is 10.9. The summed E-state index contributed by atoms with van der Waals surface area (Å²) >= 11 is 0. The van der Waals surface area contributed by atoms with E-state index in [0.717, 1.165) is 56.5 Å². The lowest BCUT2D eigenvalue weighted by molar-refractivity contribution is 0.287. The highest BCUT2D eigenvalue weighted by Crippen LogP contribution is 2.28. The topological polar surface area (TPSA) is 58.1 Å². The molecule has 0 saturated carbocycles. The number of aliphatic imine (C=N–C) groups is 1. The second-order valence-electron chi connectivity index (χ2n) is 6.99. The fourth-order valence-electron chi connectivity index (χ4n) is 3.41. The molecular weight excluding hydrogens is 352 g/mol. The van der Waals surface area contributed by atoms with Crippen LogP contribution in [-0.2, 0) is 6.42 Å². The molecular formula is C22H38N4O2. The maximum atomic E-state index is 5.72. The van der Waals surface area contributed by atoms with Crippen LogP contribution >= 0.6 is 0 Å². The normalized spacial score (nSPS) is 14.9. The van der Waals surface area contributed by atoms with E-state index in [1.54, 1.807) is 0 Å². The first-order valence-electron chi connectivity index (χ1n) is 10.9. The first kappa shape index (κ1) is 22.3. The molecule has 28 heavy (non-hydrogen) atoms. The van der Waals surface area contributed by atoms with Crippen LogP contribution in [0.3, 0.4) is 0 Å². The van der Waals surface area contributed by atoms with Crippen LogP contribution in [0.1, 0.15) is 45.6 Å². The van der Waals surface area contributed by atoms with Gasteiger partial charge in [0.05, 0.1) is 13.2 Å². The number of hydrogen-bond donors (Lipinski definition) is 2. The molecule has 0 spiro atoms. The van der Waals surface area contributed by atoms with Gasteiger partial charge in [0.2, 0.25) is 0 Å². The van der Waals surface area contributed by atoms with Gasteiger partial charge in [-0.3, -0.25) is 4.99 Å². The molecule has 6 heteroatoms. The minimum atomic E-state index is 0.635. The number of ether oxygens (including phenoxy) is 2. The summed E-state index contributed by atoms with van der Waals surface area (Å²) in [6, 6.07) is 6.19. The molecule has 1 heterocycles. The van der Waals surface area contributed by atoms with Crippen molar-refractivity contribution in [3.63, 3.8) is 0 Å². The zero-order valence-corrected chi connectivity index (χ0v) is 17.9. The standard InChI is InChI=1S/C22H38N4O2/c1-4-23-22(24-13-9-17-26-15-7-8-16-26)25-14-12-19-10-11-20(27-5-2)21(18-19)28-6-3/h10-11,18H,4-9,12-17H2,1-3H3,(H2,23,24,25). The number of guanidine groups is 1. The Kier molecular flexibility index (Phi) is 10.6. The Morgan fingerprint density at radius 1 is 1.04 bits per heavy atom.